The molecule has 3 aromatic rings. The lowest BCUT2D eigenvalue weighted by atomic mass is 10.1. The summed E-state index contributed by atoms with van der Waals surface area (Å²) in [4.78, 5) is 20.5. The minimum absolute atomic E-state index is 0.130. The number of carbonyl (C=O) groups is 1. The highest BCUT2D eigenvalue weighted by Gasteiger charge is 2.24. The Balaban J connectivity index is 1.51. The lowest BCUT2D eigenvalue weighted by molar-refractivity contribution is 0.0749. The maximum Gasteiger partial charge on any atom is 0.254 e. The Bertz CT molecular complexity index is 920. The Morgan fingerprint density at radius 3 is 2.52 bits per heavy atom. The maximum atomic E-state index is 13.0. The Labute approximate surface area is 148 Å². The summed E-state index contributed by atoms with van der Waals surface area (Å²) in [6.45, 7) is 7.59. The van der Waals surface area contributed by atoms with Crippen LogP contribution in [0.4, 0.5) is 5.69 Å². The molecule has 1 amide bonds. The van der Waals surface area contributed by atoms with Crippen LogP contribution >= 0.6 is 0 Å². The number of aryl methyl sites for hydroxylation is 1. The van der Waals surface area contributed by atoms with E-state index in [4.69, 9.17) is 0 Å². The molecule has 1 fully saturated rings. The topological polar surface area (TPSA) is 39.3 Å². The van der Waals surface area contributed by atoms with Crippen molar-refractivity contribution in [3.63, 3.8) is 0 Å². The van der Waals surface area contributed by atoms with Crippen molar-refractivity contribution in [3.05, 3.63) is 65.4 Å². The molecule has 128 valence electrons. The van der Waals surface area contributed by atoms with Gasteiger partial charge in [0.1, 0.15) is 0 Å². The molecule has 1 N–H and O–H groups in total. The zero-order valence-corrected chi connectivity index (χ0v) is 14.7. The highest BCUT2D eigenvalue weighted by molar-refractivity contribution is 6.06. The SMILES string of the molecule is Cc1cccc(N2CCN(C(=O)c3cccc4[nH]ccc34)CC2)c1C. The molecular formula is C21H23N3O. The van der Waals surface area contributed by atoms with Crippen LogP contribution in [0.25, 0.3) is 10.9 Å². The van der Waals surface area contributed by atoms with Gasteiger partial charge in [-0.25, -0.2) is 0 Å². The third-order valence-electron chi connectivity index (χ3n) is 5.31. The molecule has 4 rings (SSSR count). The van der Waals surface area contributed by atoms with Gasteiger partial charge >= 0.3 is 0 Å². The number of nitrogens with one attached hydrogen (secondary N) is 1. The largest absolute Gasteiger partial charge is 0.368 e. The van der Waals surface area contributed by atoms with Gasteiger partial charge in [-0.2, -0.15) is 0 Å². The molecule has 0 aliphatic carbocycles. The zero-order chi connectivity index (χ0) is 17.4. The van der Waals surface area contributed by atoms with Crippen molar-refractivity contribution < 1.29 is 4.79 Å². The van der Waals surface area contributed by atoms with Crippen LogP contribution in [0, 0.1) is 13.8 Å². The first-order valence-electron chi connectivity index (χ1n) is 8.81. The number of amides is 1. The van der Waals surface area contributed by atoms with Crippen molar-refractivity contribution >= 4 is 22.5 Å². The molecule has 2 aromatic carbocycles. The van der Waals surface area contributed by atoms with Crippen LogP contribution < -0.4 is 4.90 Å². The molecule has 1 saturated heterocycles. The molecule has 1 aliphatic rings. The fraction of sp³-hybridized carbons (Fsp3) is 0.286. The van der Waals surface area contributed by atoms with E-state index in [9.17, 15) is 4.79 Å². The molecular weight excluding hydrogens is 310 g/mol. The summed E-state index contributed by atoms with van der Waals surface area (Å²) in [5.41, 5.74) is 5.74. The van der Waals surface area contributed by atoms with Gasteiger partial charge in [0.25, 0.3) is 5.91 Å². The molecule has 1 aromatic heterocycles. The van der Waals surface area contributed by atoms with Crippen molar-refractivity contribution in [1.82, 2.24) is 9.88 Å². The average Bonchev–Trinajstić information content (AvgIpc) is 3.12. The summed E-state index contributed by atoms with van der Waals surface area (Å²) >= 11 is 0. The van der Waals surface area contributed by atoms with E-state index in [2.05, 4.69) is 41.9 Å². The van der Waals surface area contributed by atoms with Gasteiger partial charge in [-0.15, -0.1) is 0 Å². The van der Waals surface area contributed by atoms with E-state index in [1.54, 1.807) is 0 Å². The Kier molecular flexibility index (Phi) is 3.96. The van der Waals surface area contributed by atoms with E-state index in [0.29, 0.717) is 0 Å². The van der Waals surface area contributed by atoms with Crippen molar-refractivity contribution in [3.8, 4) is 0 Å². The van der Waals surface area contributed by atoms with E-state index in [1.165, 1.54) is 16.8 Å². The van der Waals surface area contributed by atoms with E-state index < -0.39 is 0 Å². The van der Waals surface area contributed by atoms with Crippen molar-refractivity contribution in [2.75, 3.05) is 31.1 Å². The second kappa shape index (κ2) is 6.28. The Morgan fingerprint density at radius 2 is 1.72 bits per heavy atom. The molecule has 0 unspecified atom stereocenters. The second-order valence-corrected chi connectivity index (χ2v) is 6.74. The Hall–Kier alpha value is -2.75. The monoisotopic (exact) mass is 333 g/mol. The highest BCUT2D eigenvalue weighted by Crippen LogP contribution is 2.25. The third kappa shape index (κ3) is 2.78. The average molecular weight is 333 g/mol. The number of benzene rings is 2. The number of carbonyl (C=O) groups excluding carboxylic acids is 1. The number of anilines is 1. The van der Waals surface area contributed by atoms with Crippen LogP contribution in [0.2, 0.25) is 0 Å². The molecule has 4 heteroatoms. The first-order chi connectivity index (χ1) is 12.1. The molecule has 2 heterocycles. The van der Waals surface area contributed by atoms with Crippen LogP contribution in [0.5, 0.6) is 0 Å². The molecule has 0 saturated carbocycles. The fourth-order valence-electron chi connectivity index (χ4n) is 3.67. The predicted octanol–water partition coefficient (Wildman–Crippen LogP) is 3.75. The Morgan fingerprint density at radius 1 is 0.960 bits per heavy atom. The van der Waals surface area contributed by atoms with Gasteiger partial charge < -0.3 is 14.8 Å². The van der Waals surface area contributed by atoms with E-state index >= 15 is 0 Å². The number of hydrogen-bond donors (Lipinski definition) is 1. The first-order valence-corrected chi connectivity index (χ1v) is 8.81. The fourth-order valence-corrected chi connectivity index (χ4v) is 3.67. The van der Waals surface area contributed by atoms with Crippen molar-refractivity contribution in [2.45, 2.75) is 13.8 Å². The first kappa shape index (κ1) is 15.8. The van der Waals surface area contributed by atoms with Gasteiger partial charge in [-0.05, 0) is 49.2 Å². The zero-order valence-electron chi connectivity index (χ0n) is 14.7. The third-order valence-corrected chi connectivity index (χ3v) is 5.31. The van der Waals surface area contributed by atoms with Gasteiger partial charge in [0.05, 0.1) is 0 Å². The van der Waals surface area contributed by atoms with Gasteiger partial charge in [0, 0.05) is 54.5 Å². The smallest absolute Gasteiger partial charge is 0.254 e. The standard InChI is InChI=1S/C21H23N3O/c1-15-5-3-8-20(16(15)2)23-11-13-24(14-12-23)21(25)18-6-4-7-19-17(18)9-10-22-19/h3-10,22H,11-14H2,1-2H3. The predicted molar refractivity (Wildman–Crippen MR) is 102 cm³/mol. The van der Waals surface area contributed by atoms with E-state index in [1.807, 2.05) is 35.4 Å². The number of rotatable bonds is 2. The van der Waals surface area contributed by atoms with Crippen molar-refractivity contribution in [1.29, 1.82) is 0 Å². The molecule has 1 aliphatic heterocycles. The number of aromatic amines is 1. The minimum atomic E-state index is 0.130. The summed E-state index contributed by atoms with van der Waals surface area (Å²) < 4.78 is 0. The van der Waals surface area contributed by atoms with Crippen LogP contribution in [0.3, 0.4) is 0 Å². The van der Waals surface area contributed by atoms with Crippen LogP contribution in [-0.4, -0.2) is 42.0 Å². The molecule has 4 nitrogen and oxygen atoms in total. The molecule has 0 spiro atoms. The number of nitrogens with zero attached hydrogens (tertiary/aromatic N) is 2. The van der Waals surface area contributed by atoms with Gasteiger partial charge in [-0.3, -0.25) is 4.79 Å². The quantitative estimate of drug-likeness (QED) is 0.776. The summed E-state index contributed by atoms with van der Waals surface area (Å²) in [6, 6.07) is 14.3. The summed E-state index contributed by atoms with van der Waals surface area (Å²) in [7, 11) is 0. The molecule has 25 heavy (non-hydrogen) atoms. The number of hydrogen-bond acceptors (Lipinski definition) is 2. The minimum Gasteiger partial charge on any atom is -0.368 e. The van der Waals surface area contributed by atoms with Gasteiger partial charge in [0.2, 0.25) is 0 Å². The van der Waals surface area contributed by atoms with Gasteiger partial charge in [-0.1, -0.05) is 18.2 Å². The highest BCUT2D eigenvalue weighted by atomic mass is 16.2. The summed E-state index contributed by atoms with van der Waals surface area (Å²) in [6.07, 6.45) is 1.89. The second-order valence-electron chi connectivity index (χ2n) is 6.74. The lowest BCUT2D eigenvalue weighted by Gasteiger charge is -2.37. The van der Waals surface area contributed by atoms with E-state index in [-0.39, 0.29) is 5.91 Å². The number of piperazine rings is 1. The van der Waals surface area contributed by atoms with Gasteiger partial charge in [0.15, 0.2) is 0 Å². The molecule has 0 bridgehead atoms. The molecule has 0 atom stereocenters. The number of H-pyrrole nitrogens is 1. The maximum absolute atomic E-state index is 13.0. The van der Waals surface area contributed by atoms with Crippen LogP contribution in [-0.2, 0) is 0 Å². The van der Waals surface area contributed by atoms with Crippen molar-refractivity contribution in [2.24, 2.45) is 0 Å². The normalized spacial score (nSPS) is 15.0. The van der Waals surface area contributed by atoms with Crippen LogP contribution in [0.15, 0.2) is 48.7 Å². The lowest BCUT2D eigenvalue weighted by Crippen LogP contribution is -2.49. The summed E-state index contributed by atoms with van der Waals surface area (Å²) in [5, 5.41) is 1.00. The number of aromatic nitrogens is 1. The molecule has 0 radical (unpaired) electrons. The van der Waals surface area contributed by atoms with Crippen LogP contribution in [0.1, 0.15) is 21.5 Å². The van der Waals surface area contributed by atoms with E-state index in [0.717, 1.165) is 42.6 Å². The summed E-state index contributed by atoms with van der Waals surface area (Å²) in [5.74, 6) is 0.130. The number of fused-ring (bicyclic) bond motifs is 1.